The van der Waals surface area contributed by atoms with E-state index >= 15 is 0 Å². The summed E-state index contributed by atoms with van der Waals surface area (Å²) in [4.78, 5) is 2.22. The Morgan fingerprint density at radius 3 is 2.81 bits per heavy atom. The molecular weight excluding hydrogens is 196 g/mol. The summed E-state index contributed by atoms with van der Waals surface area (Å²) >= 11 is 0. The van der Waals surface area contributed by atoms with E-state index in [9.17, 15) is 0 Å². The van der Waals surface area contributed by atoms with Crippen molar-refractivity contribution < 1.29 is 0 Å². The standard InChI is InChI=1S/C14H22N2/c1-16(2)14-9-4-3-8-13(14)12-7-5-6-10-15-11-12/h3-4,8-9,12,15H,5-7,10-11H2,1-2H3. The minimum absolute atomic E-state index is 0.682. The van der Waals surface area contributed by atoms with Crippen molar-refractivity contribution in [3.8, 4) is 0 Å². The molecule has 1 atom stereocenters. The summed E-state index contributed by atoms with van der Waals surface area (Å²) in [6.07, 6.45) is 3.98. The van der Waals surface area contributed by atoms with E-state index in [0.717, 1.165) is 6.54 Å². The van der Waals surface area contributed by atoms with Gasteiger partial charge in [0.2, 0.25) is 0 Å². The maximum absolute atomic E-state index is 3.54. The molecule has 1 aliphatic heterocycles. The molecule has 0 spiro atoms. The first-order chi connectivity index (χ1) is 7.79. The molecule has 0 aromatic heterocycles. The Kier molecular flexibility index (Phi) is 3.83. The van der Waals surface area contributed by atoms with Crippen LogP contribution in [0, 0.1) is 0 Å². The lowest BCUT2D eigenvalue weighted by atomic mass is 9.93. The number of nitrogens with one attached hydrogen (secondary N) is 1. The first kappa shape index (κ1) is 11.5. The number of nitrogens with zero attached hydrogens (tertiary/aromatic N) is 1. The van der Waals surface area contributed by atoms with Crippen LogP contribution in [0.3, 0.4) is 0 Å². The van der Waals surface area contributed by atoms with Gasteiger partial charge in [-0.15, -0.1) is 0 Å². The van der Waals surface area contributed by atoms with E-state index in [1.54, 1.807) is 0 Å². The quantitative estimate of drug-likeness (QED) is 0.821. The van der Waals surface area contributed by atoms with Gasteiger partial charge in [0.15, 0.2) is 0 Å². The van der Waals surface area contributed by atoms with Crippen molar-refractivity contribution in [3.63, 3.8) is 0 Å². The predicted molar refractivity (Wildman–Crippen MR) is 70.2 cm³/mol. The lowest BCUT2D eigenvalue weighted by Gasteiger charge is -2.23. The molecule has 1 unspecified atom stereocenters. The van der Waals surface area contributed by atoms with Crippen LogP contribution in [0.2, 0.25) is 0 Å². The second kappa shape index (κ2) is 5.35. The highest BCUT2D eigenvalue weighted by atomic mass is 15.1. The van der Waals surface area contributed by atoms with Crippen LogP contribution in [0.1, 0.15) is 30.7 Å². The van der Waals surface area contributed by atoms with Gasteiger partial charge in [0, 0.05) is 26.3 Å². The van der Waals surface area contributed by atoms with Crippen molar-refractivity contribution in [1.29, 1.82) is 0 Å². The van der Waals surface area contributed by atoms with Crippen molar-refractivity contribution in [2.45, 2.75) is 25.2 Å². The molecule has 1 aliphatic rings. The highest BCUT2D eigenvalue weighted by Gasteiger charge is 2.17. The summed E-state index contributed by atoms with van der Waals surface area (Å²) in [6.45, 7) is 2.31. The normalized spacial score (nSPS) is 21.5. The Morgan fingerprint density at radius 1 is 1.19 bits per heavy atom. The van der Waals surface area contributed by atoms with Crippen LogP contribution < -0.4 is 10.2 Å². The molecule has 2 nitrogen and oxygen atoms in total. The highest BCUT2D eigenvalue weighted by molar-refractivity contribution is 5.54. The molecule has 0 radical (unpaired) electrons. The zero-order valence-corrected chi connectivity index (χ0v) is 10.4. The SMILES string of the molecule is CN(C)c1ccccc1C1CCCCNC1. The summed E-state index contributed by atoms with van der Waals surface area (Å²) in [5.41, 5.74) is 2.87. The Hall–Kier alpha value is -1.02. The molecule has 0 amide bonds. The van der Waals surface area contributed by atoms with Crippen LogP contribution in [-0.4, -0.2) is 27.2 Å². The molecule has 1 aromatic carbocycles. The largest absolute Gasteiger partial charge is 0.377 e. The molecule has 2 rings (SSSR count). The fraction of sp³-hybridized carbons (Fsp3) is 0.571. The third-order valence-corrected chi connectivity index (χ3v) is 3.41. The zero-order chi connectivity index (χ0) is 11.4. The van der Waals surface area contributed by atoms with Gasteiger partial charge in [-0.2, -0.15) is 0 Å². The maximum Gasteiger partial charge on any atom is 0.0396 e. The van der Waals surface area contributed by atoms with Crippen molar-refractivity contribution in [2.24, 2.45) is 0 Å². The van der Waals surface area contributed by atoms with Crippen LogP contribution in [0.25, 0.3) is 0 Å². The molecule has 16 heavy (non-hydrogen) atoms. The van der Waals surface area contributed by atoms with Crippen molar-refractivity contribution >= 4 is 5.69 Å². The third kappa shape index (κ3) is 2.56. The van der Waals surface area contributed by atoms with E-state index in [4.69, 9.17) is 0 Å². The lowest BCUT2D eigenvalue weighted by Crippen LogP contribution is -2.21. The van der Waals surface area contributed by atoms with E-state index in [1.807, 2.05) is 0 Å². The van der Waals surface area contributed by atoms with Gasteiger partial charge >= 0.3 is 0 Å². The number of rotatable bonds is 2. The maximum atomic E-state index is 3.54. The second-order valence-corrected chi connectivity index (χ2v) is 4.85. The summed E-state index contributed by atoms with van der Waals surface area (Å²) in [6, 6.07) is 8.80. The minimum Gasteiger partial charge on any atom is -0.377 e. The Labute approximate surface area is 98.7 Å². The van der Waals surface area contributed by atoms with E-state index in [2.05, 4.69) is 48.6 Å². The molecule has 1 heterocycles. The molecule has 1 saturated heterocycles. The smallest absolute Gasteiger partial charge is 0.0396 e. The molecule has 2 heteroatoms. The molecular formula is C14H22N2. The summed E-state index contributed by atoms with van der Waals surface area (Å²) in [7, 11) is 4.26. The topological polar surface area (TPSA) is 15.3 Å². The molecule has 1 aromatic rings. The highest BCUT2D eigenvalue weighted by Crippen LogP contribution is 2.30. The van der Waals surface area contributed by atoms with E-state index in [0.29, 0.717) is 5.92 Å². The van der Waals surface area contributed by atoms with Crippen LogP contribution >= 0.6 is 0 Å². The Balaban J connectivity index is 2.23. The summed E-state index contributed by atoms with van der Waals surface area (Å²) in [5.74, 6) is 0.682. The average Bonchev–Trinajstić information content (AvgIpc) is 2.57. The number of hydrogen-bond acceptors (Lipinski definition) is 2. The predicted octanol–water partition coefficient (Wildman–Crippen LogP) is 2.61. The monoisotopic (exact) mass is 218 g/mol. The Morgan fingerprint density at radius 2 is 2.00 bits per heavy atom. The lowest BCUT2D eigenvalue weighted by molar-refractivity contribution is 0.610. The average molecular weight is 218 g/mol. The molecule has 0 aliphatic carbocycles. The van der Waals surface area contributed by atoms with E-state index in [-0.39, 0.29) is 0 Å². The first-order valence-electron chi connectivity index (χ1n) is 6.26. The summed E-state index contributed by atoms with van der Waals surface area (Å²) < 4.78 is 0. The Bertz CT molecular complexity index is 325. The molecule has 1 fully saturated rings. The molecule has 0 bridgehead atoms. The molecule has 0 saturated carbocycles. The molecule has 1 N–H and O–H groups in total. The van der Waals surface area contributed by atoms with Gasteiger partial charge in [-0.3, -0.25) is 0 Å². The first-order valence-corrected chi connectivity index (χ1v) is 6.26. The van der Waals surface area contributed by atoms with Crippen LogP contribution in [-0.2, 0) is 0 Å². The number of benzene rings is 1. The van der Waals surface area contributed by atoms with Crippen molar-refractivity contribution in [1.82, 2.24) is 5.32 Å². The fourth-order valence-electron chi connectivity index (χ4n) is 2.52. The van der Waals surface area contributed by atoms with Crippen molar-refractivity contribution in [2.75, 3.05) is 32.1 Å². The number of hydrogen-bond donors (Lipinski definition) is 1. The third-order valence-electron chi connectivity index (χ3n) is 3.41. The van der Waals surface area contributed by atoms with Crippen LogP contribution in [0.15, 0.2) is 24.3 Å². The van der Waals surface area contributed by atoms with E-state index in [1.165, 1.54) is 37.1 Å². The van der Waals surface area contributed by atoms with Gasteiger partial charge in [-0.1, -0.05) is 24.6 Å². The minimum atomic E-state index is 0.682. The second-order valence-electron chi connectivity index (χ2n) is 4.85. The van der Waals surface area contributed by atoms with Gasteiger partial charge in [0.25, 0.3) is 0 Å². The van der Waals surface area contributed by atoms with Gasteiger partial charge in [0.05, 0.1) is 0 Å². The van der Waals surface area contributed by atoms with Gasteiger partial charge in [-0.25, -0.2) is 0 Å². The fourth-order valence-corrected chi connectivity index (χ4v) is 2.52. The molecule has 88 valence electrons. The van der Waals surface area contributed by atoms with Gasteiger partial charge in [0.1, 0.15) is 0 Å². The number of anilines is 1. The summed E-state index contributed by atoms with van der Waals surface area (Å²) in [5, 5.41) is 3.54. The van der Waals surface area contributed by atoms with Crippen LogP contribution in [0.5, 0.6) is 0 Å². The van der Waals surface area contributed by atoms with Crippen molar-refractivity contribution in [3.05, 3.63) is 29.8 Å². The zero-order valence-electron chi connectivity index (χ0n) is 10.4. The van der Waals surface area contributed by atoms with Crippen LogP contribution in [0.4, 0.5) is 5.69 Å². The van der Waals surface area contributed by atoms with Gasteiger partial charge in [-0.05, 0) is 36.9 Å². The van der Waals surface area contributed by atoms with Gasteiger partial charge < -0.3 is 10.2 Å². The van der Waals surface area contributed by atoms with E-state index < -0.39 is 0 Å². The number of para-hydroxylation sites is 1.